The molecule has 2 heterocycles. The molecule has 33 heavy (non-hydrogen) atoms. The van der Waals surface area contributed by atoms with Crippen LogP contribution in [0, 0.1) is 0 Å². The van der Waals surface area contributed by atoms with E-state index in [0.29, 0.717) is 47.2 Å². The maximum Gasteiger partial charge on any atom is 0.336 e. The van der Waals surface area contributed by atoms with Crippen molar-refractivity contribution in [1.29, 1.82) is 0 Å². The topological polar surface area (TPSA) is 74.3 Å². The maximum absolute atomic E-state index is 13.2. The molecule has 6 nitrogen and oxygen atoms in total. The van der Waals surface area contributed by atoms with E-state index in [1.165, 1.54) is 22.9 Å². The number of fused-ring (bicyclic) bond motifs is 3. The summed E-state index contributed by atoms with van der Waals surface area (Å²) in [6, 6.07) is 13.2. The van der Waals surface area contributed by atoms with Crippen molar-refractivity contribution in [2.45, 2.75) is 50.1 Å². The Morgan fingerprint density at radius 1 is 1.09 bits per heavy atom. The Bertz CT molecular complexity index is 1440. The number of nitrogens with zero attached hydrogens (tertiary/aromatic N) is 2. The zero-order valence-corrected chi connectivity index (χ0v) is 19.5. The van der Waals surface area contributed by atoms with Crippen molar-refractivity contribution >= 4 is 33.6 Å². The Kier molecular flexibility index (Phi) is 6.33. The molecule has 170 valence electrons. The molecular formula is C26H26N2O4S. The van der Waals surface area contributed by atoms with E-state index in [1.807, 2.05) is 37.3 Å². The van der Waals surface area contributed by atoms with Crippen LogP contribution in [0.15, 0.2) is 61.6 Å². The predicted octanol–water partition coefficient (Wildman–Crippen LogP) is 4.71. The molecule has 0 fully saturated rings. The van der Waals surface area contributed by atoms with E-state index in [2.05, 4.69) is 6.07 Å². The minimum Gasteiger partial charge on any atom is -0.423 e. The summed E-state index contributed by atoms with van der Waals surface area (Å²) in [6.07, 6.45) is 3.95. The van der Waals surface area contributed by atoms with Crippen LogP contribution in [0.3, 0.4) is 0 Å². The number of hydrogen-bond donors (Lipinski definition) is 0. The highest BCUT2D eigenvalue weighted by Gasteiger charge is 2.17. The second-order valence-corrected chi connectivity index (χ2v) is 9.21. The predicted molar refractivity (Wildman–Crippen MR) is 131 cm³/mol. The summed E-state index contributed by atoms with van der Waals surface area (Å²) >= 11 is 1.48. The van der Waals surface area contributed by atoms with Gasteiger partial charge in [0.25, 0.3) is 5.56 Å². The molecule has 2 aromatic heterocycles. The molecule has 2 aromatic carbocycles. The van der Waals surface area contributed by atoms with Gasteiger partial charge < -0.3 is 9.15 Å². The fraction of sp³-hybridized carbons (Fsp3) is 0.346. The summed E-state index contributed by atoms with van der Waals surface area (Å²) in [4.78, 5) is 30.3. The first kappa shape index (κ1) is 21.9. The standard InChI is InChI=1S/C26H26N2O4S/c1-2-31-12-6-11-28-25(30)20-9-3-4-10-22(20)27-26(28)33-16-19-15-24(29)32-23-14-18-8-5-7-17(18)13-21(19)23/h3-4,9-10,13-15H,2,5-8,11-12,16H2,1H3. The SMILES string of the molecule is CCOCCCn1c(SCc2cc(=O)oc3cc4c(cc23)CCC4)nc2ccccc2c1=O. The highest BCUT2D eigenvalue weighted by Crippen LogP contribution is 2.31. The molecule has 0 saturated carbocycles. The van der Waals surface area contributed by atoms with Crippen LogP contribution in [-0.2, 0) is 29.9 Å². The van der Waals surface area contributed by atoms with E-state index >= 15 is 0 Å². The third-order valence-corrected chi connectivity index (χ3v) is 7.13. The fourth-order valence-corrected chi connectivity index (χ4v) is 5.50. The lowest BCUT2D eigenvalue weighted by molar-refractivity contribution is 0.140. The van der Waals surface area contributed by atoms with Crippen molar-refractivity contribution in [1.82, 2.24) is 9.55 Å². The monoisotopic (exact) mass is 462 g/mol. The van der Waals surface area contributed by atoms with Crippen molar-refractivity contribution in [3.8, 4) is 0 Å². The minimum absolute atomic E-state index is 0.0464. The number of thioether (sulfide) groups is 1. The first-order valence-electron chi connectivity index (χ1n) is 11.4. The molecule has 0 bridgehead atoms. The zero-order chi connectivity index (χ0) is 22.8. The Morgan fingerprint density at radius 3 is 2.76 bits per heavy atom. The van der Waals surface area contributed by atoms with Gasteiger partial charge >= 0.3 is 5.63 Å². The molecule has 0 spiro atoms. The van der Waals surface area contributed by atoms with Crippen molar-refractivity contribution in [3.63, 3.8) is 0 Å². The normalized spacial score (nSPS) is 13.1. The molecule has 5 rings (SSSR count). The lowest BCUT2D eigenvalue weighted by atomic mass is 10.0. The molecule has 0 atom stereocenters. The first-order chi connectivity index (χ1) is 16.1. The van der Waals surface area contributed by atoms with Crippen molar-refractivity contribution in [3.05, 3.63) is 79.9 Å². The van der Waals surface area contributed by atoms with Crippen LogP contribution < -0.4 is 11.2 Å². The summed E-state index contributed by atoms with van der Waals surface area (Å²) in [7, 11) is 0. The van der Waals surface area contributed by atoms with Crippen LogP contribution in [0.25, 0.3) is 21.9 Å². The number of para-hydroxylation sites is 1. The second kappa shape index (κ2) is 9.53. The van der Waals surface area contributed by atoms with Crippen LogP contribution in [0.1, 0.15) is 36.5 Å². The molecule has 7 heteroatoms. The molecule has 0 radical (unpaired) electrons. The number of ether oxygens (including phenoxy) is 1. The van der Waals surface area contributed by atoms with Gasteiger partial charge in [-0.3, -0.25) is 9.36 Å². The van der Waals surface area contributed by atoms with Crippen LogP contribution >= 0.6 is 11.8 Å². The lowest BCUT2D eigenvalue weighted by Gasteiger charge is -2.14. The van der Waals surface area contributed by atoms with Crippen LogP contribution in [0.2, 0.25) is 0 Å². The van der Waals surface area contributed by atoms with Gasteiger partial charge in [0.15, 0.2) is 5.16 Å². The average molecular weight is 463 g/mol. The van der Waals surface area contributed by atoms with Crippen LogP contribution in [-0.4, -0.2) is 22.8 Å². The van der Waals surface area contributed by atoms with E-state index in [0.717, 1.165) is 36.6 Å². The Hall–Kier alpha value is -2.90. The van der Waals surface area contributed by atoms with E-state index in [-0.39, 0.29) is 11.2 Å². The molecule has 0 N–H and O–H groups in total. The number of hydrogen-bond acceptors (Lipinski definition) is 6. The molecule has 0 aliphatic heterocycles. The molecule has 0 saturated heterocycles. The highest BCUT2D eigenvalue weighted by atomic mass is 32.2. The third-order valence-electron chi connectivity index (χ3n) is 6.10. The van der Waals surface area contributed by atoms with Crippen LogP contribution in [0.4, 0.5) is 0 Å². The largest absolute Gasteiger partial charge is 0.423 e. The van der Waals surface area contributed by atoms with E-state index in [4.69, 9.17) is 14.1 Å². The van der Waals surface area contributed by atoms with Gasteiger partial charge in [0.05, 0.1) is 10.9 Å². The van der Waals surface area contributed by atoms with Gasteiger partial charge in [-0.15, -0.1) is 0 Å². The van der Waals surface area contributed by atoms with Gasteiger partial charge in [-0.25, -0.2) is 9.78 Å². The average Bonchev–Trinajstić information content (AvgIpc) is 3.27. The quantitative estimate of drug-likeness (QED) is 0.163. The third kappa shape index (κ3) is 4.48. The first-order valence-corrected chi connectivity index (χ1v) is 12.4. The number of aryl methyl sites for hydroxylation is 2. The molecule has 0 amide bonds. The van der Waals surface area contributed by atoms with Gasteiger partial charge in [0.1, 0.15) is 5.58 Å². The van der Waals surface area contributed by atoms with Gasteiger partial charge in [-0.05, 0) is 73.6 Å². The summed E-state index contributed by atoms with van der Waals surface area (Å²) in [5.41, 5.74) is 4.44. The molecular weight excluding hydrogens is 436 g/mol. The fourth-order valence-electron chi connectivity index (χ4n) is 4.48. The minimum atomic E-state index is -0.350. The molecule has 4 aromatic rings. The van der Waals surface area contributed by atoms with E-state index in [9.17, 15) is 9.59 Å². The Balaban J connectivity index is 1.51. The summed E-state index contributed by atoms with van der Waals surface area (Å²) < 4.78 is 12.7. The Labute approximate surface area is 195 Å². The van der Waals surface area contributed by atoms with Crippen molar-refractivity contribution in [2.24, 2.45) is 0 Å². The smallest absolute Gasteiger partial charge is 0.336 e. The van der Waals surface area contributed by atoms with Crippen molar-refractivity contribution < 1.29 is 9.15 Å². The maximum atomic E-state index is 13.2. The lowest BCUT2D eigenvalue weighted by Crippen LogP contribution is -2.24. The molecule has 1 aliphatic carbocycles. The summed E-state index contributed by atoms with van der Waals surface area (Å²) in [5, 5.41) is 2.23. The Morgan fingerprint density at radius 2 is 1.91 bits per heavy atom. The van der Waals surface area contributed by atoms with Gasteiger partial charge in [-0.2, -0.15) is 0 Å². The molecule has 0 unspecified atom stereocenters. The van der Waals surface area contributed by atoms with Gasteiger partial charge in [0.2, 0.25) is 0 Å². The van der Waals surface area contributed by atoms with Gasteiger partial charge in [0, 0.05) is 37.0 Å². The molecule has 1 aliphatic rings. The zero-order valence-electron chi connectivity index (χ0n) is 18.6. The highest BCUT2D eigenvalue weighted by molar-refractivity contribution is 7.98. The van der Waals surface area contributed by atoms with Gasteiger partial charge in [-0.1, -0.05) is 23.9 Å². The number of rotatable bonds is 8. The summed E-state index contributed by atoms with van der Waals surface area (Å²) in [5.74, 6) is 0.525. The summed E-state index contributed by atoms with van der Waals surface area (Å²) in [6.45, 7) is 3.74. The number of aromatic nitrogens is 2. The van der Waals surface area contributed by atoms with E-state index in [1.54, 1.807) is 10.6 Å². The van der Waals surface area contributed by atoms with Crippen LogP contribution in [0.5, 0.6) is 0 Å². The second-order valence-electron chi connectivity index (χ2n) is 8.27. The van der Waals surface area contributed by atoms with E-state index < -0.39 is 0 Å². The van der Waals surface area contributed by atoms with Crippen molar-refractivity contribution in [2.75, 3.05) is 13.2 Å². The number of benzene rings is 2.